The van der Waals surface area contributed by atoms with Gasteiger partial charge in [0, 0.05) is 49.5 Å². The number of pyridine rings is 1. The molecule has 0 N–H and O–H groups in total. The van der Waals surface area contributed by atoms with Crippen LogP contribution in [-0.4, -0.2) is 15.0 Å². The number of rotatable bonds is 1. The van der Waals surface area contributed by atoms with Crippen LogP contribution in [0.3, 0.4) is 0 Å². The summed E-state index contributed by atoms with van der Waals surface area (Å²) in [6.07, 6.45) is 5.52. The van der Waals surface area contributed by atoms with Crippen LogP contribution in [0, 0.1) is 6.07 Å². The Morgan fingerprint density at radius 1 is 0.905 bits per heavy atom. The van der Waals surface area contributed by atoms with Crippen LogP contribution in [0.1, 0.15) is 0 Å². The maximum Gasteiger partial charge on any atom is 0.0755 e. The first kappa shape index (κ1) is 13.8. The fourth-order valence-corrected chi connectivity index (χ4v) is 2.35. The fourth-order valence-electron chi connectivity index (χ4n) is 2.35. The van der Waals surface area contributed by atoms with Gasteiger partial charge in [0.2, 0.25) is 0 Å². The van der Waals surface area contributed by atoms with Crippen molar-refractivity contribution in [3.8, 4) is 11.4 Å². The third kappa shape index (κ3) is 2.44. The molecule has 2 aromatic carbocycles. The van der Waals surface area contributed by atoms with Crippen LogP contribution in [0.2, 0.25) is 0 Å². The molecule has 0 fully saturated rings. The Kier molecular flexibility index (Phi) is 3.73. The zero-order chi connectivity index (χ0) is 13.4. The molecule has 0 spiro atoms. The van der Waals surface area contributed by atoms with E-state index in [-0.39, 0.29) is 20.1 Å². The summed E-state index contributed by atoms with van der Waals surface area (Å²) in [7, 11) is 0. The van der Waals surface area contributed by atoms with Gasteiger partial charge in [-0.2, -0.15) is 0 Å². The third-order valence-corrected chi connectivity index (χ3v) is 3.33. The molecule has 0 saturated heterocycles. The molecular formula is C17H10IrN3-. The molecule has 0 aliphatic rings. The van der Waals surface area contributed by atoms with Gasteiger partial charge in [-0.05, 0) is 17.5 Å². The van der Waals surface area contributed by atoms with Crippen molar-refractivity contribution in [2.24, 2.45) is 0 Å². The van der Waals surface area contributed by atoms with E-state index in [9.17, 15) is 0 Å². The van der Waals surface area contributed by atoms with E-state index < -0.39 is 0 Å². The second kappa shape index (κ2) is 5.68. The molecule has 0 atom stereocenters. The minimum absolute atomic E-state index is 0. The molecule has 0 amide bonds. The molecule has 4 rings (SSSR count). The monoisotopic (exact) mass is 449 g/mol. The Bertz CT molecular complexity index is 907. The van der Waals surface area contributed by atoms with Gasteiger partial charge in [0.15, 0.2) is 0 Å². The molecule has 0 aliphatic heterocycles. The van der Waals surface area contributed by atoms with Crippen molar-refractivity contribution in [2.75, 3.05) is 0 Å². The van der Waals surface area contributed by atoms with Gasteiger partial charge in [0.1, 0.15) is 0 Å². The number of fused-ring (bicyclic) bond motifs is 3. The van der Waals surface area contributed by atoms with Gasteiger partial charge in [-0.1, -0.05) is 6.07 Å². The van der Waals surface area contributed by atoms with Crippen molar-refractivity contribution in [3.05, 3.63) is 67.1 Å². The number of hydrogen-bond acceptors (Lipinski definition) is 3. The minimum atomic E-state index is 0. The zero-order valence-electron chi connectivity index (χ0n) is 10.9. The molecule has 0 aliphatic carbocycles. The summed E-state index contributed by atoms with van der Waals surface area (Å²) in [6.45, 7) is 0. The molecule has 2 aromatic heterocycles. The van der Waals surface area contributed by atoms with Crippen molar-refractivity contribution in [1.29, 1.82) is 0 Å². The van der Waals surface area contributed by atoms with Crippen molar-refractivity contribution in [2.45, 2.75) is 0 Å². The number of nitrogens with zero attached hydrogens (tertiary/aromatic N) is 3. The smallest absolute Gasteiger partial charge is 0.0755 e. The summed E-state index contributed by atoms with van der Waals surface area (Å²) in [4.78, 5) is 13.2. The predicted molar refractivity (Wildman–Crippen MR) is 79.1 cm³/mol. The van der Waals surface area contributed by atoms with Crippen LogP contribution >= 0.6 is 0 Å². The van der Waals surface area contributed by atoms with Gasteiger partial charge in [0.05, 0.1) is 11.3 Å². The normalized spacial score (nSPS) is 10.5. The summed E-state index contributed by atoms with van der Waals surface area (Å²) in [6, 6.07) is 16.9. The standard InChI is InChI=1S/C17H10N3.Ir/c1-2-4-12(5-3-1)17-19-11-15-14-8-9-18-10-13(14)6-7-16(15)20-17;/h1-4,6-11H;/q-1;. The van der Waals surface area contributed by atoms with Gasteiger partial charge in [-0.15, -0.1) is 35.9 Å². The van der Waals surface area contributed by atoms with Crippen LogP contribution in [0.25, 0.3) is 33.1 Å². The number of aromatic nitrogens is 3. The quantitative estimate of drug-likeness (QED) is 0.330. The zero-order valence-corrected chi connectivity index (χ0v) is 13.3. The topological polar surface area (TPSA) is 38.7 Å². The van der Waals surface area contributed by atoms with E-state index in [0.29, 0.717) is 5.82 Å². The molecule has 0 saturated carbocycles. The van der Waals surface area contributed by atoms with Gasteiger partial charge in [-0.3, -0.25) is 15.0 Å². The molecule has 103 valence electrons. The first-order valence-electron chi connectivity index (χ1n) is 6.38. The third-order valence-electron chi connectivity index (χ3n) is 3.33. The Morgan fingerprint density at radius 3 is 2.71 bits per heavy atom. The van der Waals surface area contributed by atoms with Gasteiger partial charge in [0.25, 0.3) is 0 Å². The van der Waals surface area contributed by atoms with E-state index in [1.165, 1.54) is 0 Å². The van der Waals surface area contributed by atoms with Crippen LogP contribution in [0.4, 0.5) is 0 Å². The average molecular weight is 449 g/mol. The SMILES string of the molecule is [Ir].[c-]1ccccc1-c1ncc2c(ccc3cnccc32)n1. The van der Waals surface area contributed by atoms with Crippen molar-refractivity contribution in [3.63, 3.8) is 0 Å². The fraction of sp³-hybridized carbons (Fsp3) is 0. The molecule has 0 unspecified atom stereocenters. The summed E-state index contributed by atoms with van der Waals surface area (Å²) in [5.74, 6) is 0.700. The summed E-state index contributed by atoms with van der Waals surface area (Å²) >= 11 is 0. The van der Waals surface area contributed by atoms with Crippen LogP contribution in [0.15, 0.2) is 61.1 Å². The molecule has 21 heavy (non-hydrogen) atoms. The summed E-state index contributed by atoms with van der Waals surface area (Å²) in [5, 5.41) is 3.27. The van der Waals surface area contributed by atoms with E-state index >= 15 is 0 Å². The first-order chi connectivity index (χ1) is 9.92. The molecule has 2 heterocycles. The van der Waals surface area contributed by atoms with Crippen LogP contribution in [0.5, 0.6) is 0 Å². The molecule has 1 radical (unpaired) electrons. The number of benzene rings is 2. The molecule has 3 nitrogen and oxygen atoms in total. The average Bonchev–Trinajstić information content (AvgIpc) is 2.55. The molecule has 0 bridgehead atoms. The largest absolute Gasteiger partial charge is 0.285 e. The van der Waals surface area contributed by atoms with Crippen LogP contribution in [-0.2, 0) is 20.1 Å². The van der Waals surface area contributed by atoms with E-state index in [2.05, 4.69) is 21.0 Å². The van der Waals surface area contributed by atoms with Crippen molar-refractivity contribution >= 4 is 21.7 Å². The second-order valence-electron chi connectivity index (χ2n) is 4.57. The van der Waals surface area contributed by atoms with Gasteiger partial charge in [-0.25, -0.2) is 0 Å². The molecule has 4 aromatic rings. The van der Waals surface area contributed by atoms with E-state index in [0.717, 1.165) is 27.2 Å². The van der Waals surface area contributed by atoms with Gasteiger partial charge >= 0.3 is 0 Å². The summed E-state index contributed by atoms with van der Waals surface area (Å²) in [5.41, 5.74) is 1.84. The Morgan fingerprint density at radius 2 is 1.86 bits per heavy atom. The first-order valence-corrected chi connectivity index (χ1v) is 6.38. The maximum atomic E-state index is 4.63. The Balaban J connectivity index is 0.00000132. The second-order valence-corrected chi connectivity index (χ2v) is 4.57. The number of hydrogen-bond donors (Lipinski definition) is 0. The summed E-state index contributed by atoms with van der Waals surface area (Å²) < 4.78 is 0. The predicted octanol–water partition coefficient (Wildman–Crippen LogP) is 3.64. The minimum Gasteiger partial charge on any atom is -0.285 e. The van der Waals surface area contributed by atoms with E-state index in [1.807, 2.05) is 54.9 Å². The van der Waals surface area contributed by atoms with Crippen molar-refractivity contribution < 1.29 is 20.1 Å². The molecular weight excluding hydrogens is 438 g/mol. The van der Waals surface area contributed by atoms with Crippen LogP contribution < -0.4 is 0 Å². The molecule has 4 heteroatoms. The Labute approximate surface area is 135 Å². The van der Waals surface area contributed by atoms with Crippen molar-refractivity contribution in [1.82, 2.24) is 15.0 Å². The van der Waals surface area contributed by atoms with Gasteiger partial charge < -0.3 is 0 Å². The van der Waals surface area contributed by atoms with E-state index in [1.54, 1.807) is 6.20 Å². The Hall–Kier alpha value is -2.16. The van der Waals surface area contributed by atoms with E-state index in [4.69, 9.17) is 0 Å². The maximum absolute atomic E-state index is 4.63.